The maximum Gasteiger partial charge on any atom is 0.320 e. The predicted molar refractivity (Wildman–Crippen MR) is 50.8 cm³/mol. The van der Waals surface area contributed by atoms with Gasteiger partial charge in [-0.15, -0.1) is 11.3 Å². The molecule has 0 spiro atoms. The van der Waals surface area contributed by atoms with Crippen molar-refractivity contribution in [1.82, 2.24) is 10.3 Å². The van der Waals surface area contributed by atoms with Crippen molar-refractivity contribution in [2.45, 2.75) is 26.4 Å². The SMILES string of the molecule is Cc1ncc(CN[C@H](C)C(=O)O)s1. The Balaban J connectivity index is 2.39. The summed E-state index contributed by atoms with van der Waals surface area (Å²) in [7, 11) is 0. The standard InChI is InChI=1S/C8H12N2O2S/c1-5(8(11)12)9-3-7-4-10-6(2)13-7/h4-5,9H,3H2,1-2H3,(H,11,12)/t5-/m1/s1. The Kier molecular flexibility index (Phi) is 3.39. The van der Waals surface area contributed by atoms with Gasteiger partial charge >= 0.3 is 5.97 Å². The monoisotopic (exact) mass is 200 g/mol. The zero-order valence-electron chi connectivity index (χ0n) is 7.57. The molecular weight excluding hydrogens is 188 g/mol. The van der Waals surface area contributed by atoms with Crippen molar-refractivity contribution in [1.29, 1.82) is 0 Å². The normalized spacial score (nSPS) is 12.8. The Hall–Kier alpha value is -0.940. The maximum absolute atomic E-state index is 10.5. The van der Waals surface area contributed by atoms with Gasteiger partial charge in [-0.3, -0.25) is 10.1 Å². The second kappa shape index (κ2) is 4.34. The van der Waals surface area contributed by atoms with Crippen LogP contribution in [0.15, 0.2) is 6.20 Å². The van der Waals surface area contributed by atoms with Crippen molar-refractivity contribution in [2.75, 3.05) is 0 Å². The summed E-state index contributed by atoms with van der Waals surface area (Å²) in [6.07, 6.45) is 1.77. The van der Waals surface area contributed by atoms with Crippen molar-refractivity contribution < 1.29 is 9.90 Å². The first-order chi connectivity index (χ1) is 6.09. The maximum atomic E-state index is 10.5. The molecule has 1 rings (SSSR count). The first-order valence-corrected chi connectivity index (χ1v) is 4.78. The number of carboxylic acid groups (broad SMARTS) is 1. The Bertz CT molecular complexity index is 298. The van der Waals surface area contributed by atoms with E-state index in [0.29, 0.717) is 6.54 Å². The molecule has 72 valence electrons. The van der Waals surface area contributed by atoms with Gasteiger partial charge in [-0.05, 0) is 13.8 Å². The fourth-order valence-corrected chi connectivity index (χ4v) is 1.57. The van der Waals surface area contributed by atoms with Crippen LogP contribution in [0.25, 0.3) is 0 Å². The van der Waals surface area contributed by atoms with E-state index in [1.54, 1.807) is 24.5 Å². The second-order valence-electron chi connectivity index (χ2n) is 2.79. The van der Waals surface area contributed by atoms with Crippen LogP contribution in [0.4, 0.5) is 0 Å². The average Bonchev–Trinajstić information content (AvgIpc) is 2.47. The molecule has 13 heavy (non-hydrogen) atoms. The van der Waals surface area contributed by atoms with E-state index in [9.17, 15) is 4.79 Å². The molecule has 5 heteroatoms. The topological polar surface area (TPSA) is 62.2 Å². The van der Waals surface area contributed by atoms with E-state index in [0.717, 1.165) is 9.88 Å². The summed E-state index contributed by atoms with van der Waals surface area (Å²) in [5.74, 6) is -0.832. The van der Waals surface area contributed by atoms with Gasteiger partial charge in [0.2, 0.25) is 0 Å². The minimum Gasteiger partial charge on any atom is -0.480 e. The molecule has 0 unspecified atom stereocenters. The van der Waals surface area contributed by atoms with Gasteiger partial charge in [0.1, 0.15) is 6.04 Å². The van der Waals surface area contributed by atoms with Crippen molar-refractivity contribution in [3.63, 3.8) is 0 Å². The molecule has 0 aliphatic carbocycles. The molecule has 1 aromatic heterocycles. The zero-order chi connectivity index (χ0) is 9.84. The second-order valence-corrected chi connectivity index (χ2v) is 4.11. The summed E-state index contributed by atoms with van der Waals surface area (Å²) in [5, 5.41) is 12.5. The van der Waals surface area contributed by atoms with Crippen molar-refractivity contribution in [3.05, 3.63) is 16.1 Å². The van der Waals surface area contributed by atoms with E-state index in [1.807, 2.05) is 6.92 Å². The van der Waals surface area contributed by atoms with Crippen LogP contribution in [0.5, 0.6) is 0 Å². The summed E-state index contributed by atoms with van der Waals surface area (Å²) < 4.78 is 0. The van der Waals surface area contributed by atoms with E-state index < -0.39 is 12.0 Å². The number of carboxylic acids is 1. The highest BCUT2D eigenvalue weighted by Crippen LogP contribution is 2.10. The third-order valence-corrected chi connectivity index (χ3v) is 2.53. The molecule has 1 aromatic rings. The minimum absolute atomic E-state index is 0.512. The van der Waals surface area contributed by atoms with Crippen LogP contribution in [-0.2, 0) is 11.3 Å². The molecule has 0 bridgehead atoms. The summed E-state index contributed by atoms with van der Waals surface area (Å²) >= 11 is 1.57. The van der Waals surface area contributed by atoms with Crippen LogP contribution < -0.4 is 5.32 Å². The van der Waals surface area contributed by atoms with E-state index in [-0.39, 0.29) is 0 Å². The molecule has 0 radical (unpaired) electrons. The van der Waals surface area contributed by atoms with E-state index in [4.69, 9.17) is 5.11 Å². The zero-order valence-corrected chi connectivity index (χ0v) is 8.39. The number of aromatic nitrogens is 1. The van der Waals surface area contributed by atoms with Crippen molar-refractivity contribution in [2.24, 2.45) is 0 Å². The number of thiazole rings is 1. The number of carbonyl (C=O) groups is 1. The number of aryl methyl sites for hydroxylation is 1. The highest BCUT2D eigenvalue weighted by Gasteiger charge is 2.09. The summed E-state index contributed by atoms with van der Waals surface area (Å²) in [4.78, 5) is 15.6. The molecule has 2 N–H and O–H groups in total. The highest BCUT2D eigenvalue weighted by molar-refractivity contribution is 7.11. The van der Waals surface area contributed by atoms with Crippen LogP contribution in [-0.4, -0.2) is 22.1 Å². The van der Waals surface area contributed by atoms with Crippen LogP contribution in [0.1, 0.15) is 16.8 Å². The molecule has 0 aromatic carbocycles. The smallest absolute Gasteiger partial charge is 0.320 e. The molecule has 0 aliphatic rings. The summed E-state index contributed by atoms with van der Waals surface area (Å²) in [6.45, 7) is 4.12. The molecule has 1 atom stereocenters. The lowest BCUT2D eigenvalue weighted by Gasteiger charge is -2.06. The van der Waals surface area contributed by atoms with Gasteiger partial charge in [-0.2, -0.15) is 0 Å². The quantitative estimate of drug-likeness (QED) is 0.761. The predicted octanol–water partition coefficient (Wildman–Crippen LogP) is 1.01. The molecular formula is C8H12N2O2S. The lowest BCUT2D eigenvalue weighted by Crippen LogP contribution is -2.32. The number of aliphatic carboxylic acids is 1. The van der Waals surface area contributed by atoms with Crippen LogP contribution >= 0.6 is 11.3 Å². The highest BCUT2D eigenvalue weighted by atomic mass is 32.1. The van der Waals surface area contributed by atoms with Gasteiger partial charge in [0.15, 0.2) is 0 Å². The third-order valence-electron chi connectivity index (χ3n) is 1.62. The molecule has 0 saturated heterocycles. The molecule has 0 saturated carbocycles. The molecule has 0 amide bonds. The van der Waals surface area contributed by atoms with Gasteiger partial charge in [0.05, 0.1) is 5.01 Å². The molecule has 1 heterocycles. The Morgan fingerprint density at radius 1 is 1.85 bits per heavy atom. The number of hydrogen-bond donors (Lipinski definition) is 2. The molecule has 4 nitrogen and oxygen atoms in total. The average molecular weight is 200 g/mol. The largest absolute Gasteiger partial charge is 0.480 e. The number of nitrogens with zero attached hydrogens (tertiary/aromatic N) is 1. The number of rotatable bonds is 4. The van der Waals surface area contributed by atoms with Crippen molar-refractivity contribution >= 4 is 17.3 Å². The van der Waals surface area contributed by atoms with Gasteiger partial charge in [-0.1, -0.05) is 0 Å². The van der Waals surface area contributed by atoms with E-state index in [1.165, 1.54) is 0 Å². The lowest BCUT2D eigenvalue weighted by molar-refractivity contribution is -0.139. The summed E-state index contributed by atoms with van der Waals surface area (Å²) in [6, 6.07) is -0.512. The van der Waals surface area contributed by atoms with Crippen LogP contribution in [0.3, 0.4) is 0 Å². The summed E-state index contributed by atoms with van der Waals surface area (Å²) in [5.41, 5.74) is 0. The first-order valence-electron chi connectivity index (χ1n) is 3.97. The third kappa shape index (κ3) is 3.12. The lowest BCUT2D eigenvalue weighted by atomic mass is 10.3. The van der Waals surface area contributed by atoms with E-state index >= 15 is 0 Å². The Morgan fingerprint density at radius 3 is 3.00 bits per heavy atom. The molecule has 0 aliphatic heterocycles. The Labute approximate surface area is 80.6 Å². The Morgan fingerprint density at radius 2 is 2.54 bits per heavy atom. The van der Waals surface area contributed by atoms with Gasteiger partial charge in [-0.25, -0.2) is 4.98 Å². The van der Waals surface area contributed by atoms with Crippen LogP contribution in [0, 0.1) is 6.92 Å². The van der Waals surface area contributed by atoms with Crippen LogP contribution in [0.2, 0.25) is 0 Å². The fraction of sp³-hybridized carbons (Fsp3) is 0.500. The number of hydrogen-bond acceptors (Lipinski definition) is 4. The van der Waals surface area contributed by atoms with Gasteiger partial charge < -0.3 is 5.11 Å². The van der Waals surface area contributed by atoms with Gasteiger partial charge in [0, 0.05) is 17.6 Å². The number of nitrogens with one attached hydrogen (secondary N) is 1. The van der Waals surface area contributed by atoms with Crippen molar-refractivity contribution in [3.8, 4) is 0 Å². The van der Waals surface area contributed by atoms with Gasteiger partial charge in [0.25, 0.3) is 0 Å². The molecule has 0 fully saturated rings. The minimum atomic E-state index is -0.832. The van der Waals surface area contributed by atoms with E-state index in [2.05, 4.69) is 10.3 Å². The fourth-order valence-electron chi connectivity index (χ4n) is 0.828. The first kappa shape index (κ1) is 10.1.